The van der Waals surface area contributed by atoms with E-state index in [1.165, 1.54) is 0 Å². The fraction of sp³-hybridized carbons (Fsp3) is 0.333. The van der Waals surface area contributed by atoms with Crippen molar-refractivity contribution in [2.75, 3.05) is 0 Å². The van der Waals surface area contributed by atoms with Gasteiger partial charge < -0.3 is 9.68 Å². The van der Waals surface area contributed by atoms with Crippen molar-refractivity contribution in [3.8, 4) is 0 Å². The topological polar surface area (TPSA) is 29.5 Å². The van der Waals surface area contributed by atoms with Crippen molar-refractivity contribution < 1.29 is 42.4 Å². The Morgan fingerprint density at radius 3 is 2.86 bits per heavy atom. The molecule has 1 aromatic carbocycles. The van der Waals surface area contributed by atoms with Gasteiger partial charge in [-0.3, -0.25) is 0 Å². The maximum Gasteiger partial charge on any atom is 0.491 e. The molecule has 0 bridgehead atoms. The standard InChI is InChI=1S/C9H11B2O2.Y/c1-6-8-4-3-7(10-2)5-9(8)11(12)13-6;/h3-6,12H,1-2H3;. The summed E-state index contributed by atoms with van der Waals surface area (Å²) >= 11 is 0. The Labute approximate surface area is 111 Å². The van der Waals surface area contributed by atoms with Gasteiger partial charge in [0.15, 0.2) is 0 Å². The third-order valence-electron chi connectivity index (χ3n) is 2.48. The van der Waals surface area contributed by atoms with E-state index in [9.17, 15) is 5.02 Å². The second kappa shape index (κ2) is 4.93. The van der Waals surface area contributed by atoms with Gasteiger partial charge in [0.25, 0.3) is 0 Å². The Kier molecular flexibility index (Phi) is 4.38. The summed E-state index contributed by atoms with van der Waals surface area (Å²) in [6, 6.07) is 6.03. The molecule has 0 saturated carbocycles. The van der Waals surface area contributed by atoms with Crippen LogP contribution in [0.3, 0.4) is 0 Å². The van der Waals surface area contributed by atoms with Gasteiger partial charge in [-0.05, 0) is 17.9 Å². The quantitative estimate of drug-likeness (QED) is 0.712. The van der Waals surface area contributed by atoms with Gasteiger partial charge in [0.1, 0.15) is 7.28 Å². The van der Waals surface area contributed by atoms with Gasteiger partial charge >= 0.3 is 7.12 Å². The molecule has 0 fully saturated rings. The predicted octanol–water partition coefficient (Wildman–Crippen LogP) is -0.160. The minimum atomic E-state index is -0.745. The van der Waals surface area contributed by atoms with E-state index in [-0.39, 0.29) is 38.8 Å². The van der Waals surface area contributed by atoms with Gasteiger partial charge in [-0.15, -0.1) is 0 Å². The summed E-state index contributed by atoms with van der Waals surface area (Å²) in [5, 5.41) is 9.54. The average molecular weight is 262 g/mol. The molecule has 2 nitrogen and oxygen atoms in total. The molecule has 1 atom stereocenters. The fourth-order valence-corrected chi connectivity index (χ4v) is 1.70. The first kappa shape index (κ1) is 12.4. The summed E-state index contributed by atoms with van der Waals surface area (Å²) in [4.78, 5) is 0. The molecule has 5 heteroatoms. The van der Waals surface area contributed by atoms with E-state index >= 15 is 0 Å². The first-order valence-electron chi connectivity index (χ1n) is 4.49. The van der Waals surface area contributed by atoms with E-state index < -0.39 is 7.12 Å². The first-order valence-corrected chi connectivity index (χ1v) is 4.49. The van der Waals surface area contributed by atoms with Crippen molar-refractivity contribution in [3.05, 3.63) is 23.8 Å². The SMILES string of the molecule is C[B]c1ccc2c(c1)B(O)OC2C.[Y]. The van der Waals surface area contributed by atoms with Crippen molar-refractivity contribution in [2.24, 2.45) is 0 Å². The molecule has 68 valence electrons. The Balaban J connectivity index is 0.000000980. The number of fused-ring (bicyclic) bond motifs is 1. The smallest absolute Gasteiger partial charge is 0.423 e. The minimum absolute atomic E-state index is 0. The van der Waals surface area contributed by atoms with Crippen LogP contribution in [-0.2, 0) is 37.4 Å². The van der Waals surface area contributed by atoms with E-state index in [1.807, 2.05) is 39.2 Å². The van der Waals surface area contributed by atoms with Crippen molar-refractivity contribution in [3.63, 3.8) is 0 Å². The van der Waals surface area contributed by atoms with Crippen LogP contribution in [0.5, 0.6) is 0 Å². The minimum Gasteiger partial charge on any atom is -0.423 e. The van der Waals surface area contributed by atoms with Gasteiger partial charge in [0.2, 0.25) is 0 Å². The summed E-state index contributed by atoms with van der Waals surface area (Å²) in [5.41, 5.74) is 3.12. The number of benzene rings is 1. The summed E-state index contributed by atoms with van der Waals surface area (Å²) in [5.74, 6) is 0. The van der Waals surface area contributed by atoms with E-state index in [2.05, 4.69) is 0 Å². The van der Waals surface area contributed by atoms with Gasteiger partial charge in [-0.2, -0.15) is 0 Å². The largest absolute Gasteiger partial charge is 0.491 e. The fourth-order valence-electron chi connectivity index (χ4n) is 1.70. The average Bonchev–Trinajstić information content (AvgIpc) is 2.42. The van der Waals surface area contributed by atoms with Crippen molar-refractivity contribution in [1.82, 2.24) is 0 Å². The van der Waals surface area contributed by atoms with Crippen LogP contribution < -0.4 is 10.9 Å². The molecule has 1 aromatic rings. The van der Waals surface area contributed by atoms with Gasteiger partial charge in [-0.25, -0.2) is 0 Å². The van der Waals surface area contributed by atoms with Crippen LogP contribution in [0.25, 0.3) is 0 Å². The summed E-state index contributed by atoms with van der Waals surface area (Å²) in [6.07, 6.45) is 0.0101. The normalized spacial score (nSPS) is 18.8. The molecule has 1 unspecified atom stereocenters. The molecule has 2 rings (SSSR count). The van der Waals surface area contributed by atoms with Crippen LogP contribution in [0.15, 0.2) is 18.2 Å². The second-order valence-electron chi connectivity index (χ2n) is 3.31. The Hall–Kier alpha value is 0.374. The van der Waals surface area contributed by atoms with Gasteiger partial charge in [0.05, 0.1) is 6.10 Å². The Morgan fingerprint density at radius 1 is 1.50 bits per heavy atom. The molecule has 1 aliphatic rings. The molecule has 0 spiro atoms. The van der Waals surface area contributed by atoms with Crippen LogP contribution in [-0.4, -0.2) is 19.4 Å². The van der Waals surface area contributed by atoms with Gasteiger partial charge in [-0.1, -0.05) is 30.5 Å². The molecular weight excluding hydrogens is 251 g/mol. The Morgan fingerprint density at radius 2 is 2.21 bits per heavy atom. The van der Waals surface area contributed by atoms with Crippen molar-refractivity contribution in [2.45, 2.75) is 19.9 Å². The zero-order valence-electron chi connectivity index (χ0n) is 8.40. The predicted molar refractivity (Wildman–Crippen MR) is 54.8 cm³/mol. The van der Waals surface area contributed by atoms with Crippen molar-refractivity contribution >= 4 is 25.3 Å². The molecule has 0 saturated heterocycles. The second-order valence-corrected chi connectivity index (χ2v) is 3.31. The van der Waals surface area contributed by atoms with Crippen LogP contribution >= 0.6 is 0 Å². The van der Waals surface area contributed by atoms with Crippen LogP contribution in [0.1, 0.15) is 18.6 Å². The Bertz CT molecular complexity index is 333. The third kappa shape index (κ3) is 2.14. The van der Waals surface area contributed by atoms with Crippen LogP contribution in [0.2, 0.25) is 6.82 Å². The third-order valence-corrected chi connectivity index (χ3v) is 2.48. The van der Waals surface area contributed by atoms with E-state index in [0.29, 0.717) is 0 Å². The molecule has 2 radical (unpaired) electrons. The summed E-state index contributed by atoms with van der Waals surface area (Å²) in [7, 11) is 1.26. The van der Waals surface area contributed by atoms with E-state index in [1.54, 1.807) is 0 Å². The molecule has 0 amide bonds. The maximum atomic E-state index is 9.54. The molecule has 1 N–H and O–H groups in total. The molecule has 0 aliphatic carbocycles. The number of rotatable bonds is 1. The number of hydrogen-bond acceptors (Lipinski definition) is 2. The van der Waals surface area contributed by atoms with Crippen LogP contribution in [0, 0.1) is 0 Å². The summed E-state index contributed by atoms with van der Waals surface area (Å²) in [6.45, 7) is 3.93. The zero-order chi connectivity index (χ0) is 9.42. The molecule has 1 heterocycles. The zero-order valence-corrected chi connectivity index (χ0v) is 11.2. The summed E-state index contributed by atoms with van der Waals surface area (Å²) < 4.78 is 5.27. The first-order chi connectivity index (χ1) is 6.22. The molecular formula is C9H11B2O2Y. The monoisotopic (exact) mass is 262 g/mol. The molecule has 1 aliphatic heterocycles. The maximum absolute atomic E-state index is 9.54. The molecule has 0 aromatic heterocycles. The van der Waals surface area contributed by atoms with E-state index in [4.69, 9.17) is 4.65 Å². The van der Waals surface area contributed by atoms with Crippen molar-refractivity contribution in [1.29, 1.82) is 0 Å². The molecule has 14 heavy (non-hydrogen) atoms. The van der Waals surface area contributed by atoms with E-state index in [0.717, 1.165) is 16.5 Å². The van der Waals surface area contributed by atoms with Crippen LogP contribution in [0.4, 0.5) is 0 Å². The number of hydrogen-bond donors (Lipinski definition) is 1. The van der Waals surface area contributed by atoms with Gasteiger partial charge in [0, 0.05) is 32.7 Å².